The summed E-state index contributed by atoms with van der Waals surface area (Å²) >= 11 is 0. The molecule has 5 heteroatoms. The number of nitrogens with zero attached hydrogens (tertiary/aromatic N) is 1. The van der Waals surface area contributed by atoms with Gasteiger partial charge in [0.2, 0.25) is 5.91 Å². The summed E-state index contributed by atoms with van der Waals surface area (Å²) in [5.41, 5.74) is 3.23. The highest BCUT2D eigenvalue weighted by molar-refractivity contribution is 6.01. The lowest BCUT2D eigenvalue weighted by Crippen LogP contribution is -2.13. The molecule has 1 aliphatic rings. The van der Waals surface area contributed by atoms with Gasteiger partial charge in [-0.2, -0.15) is 5.10 Å². The molecule has 0 radical (unpaired) electrons. The van der Waals surface area contributed by atoms with E-state index >= 15 is 0 Å². The molecule has 2 aromatic carbocycles. The Morgan fingerprint density at radius 2 is 2.12 bits per heavy atom. The molecule has 2 N–H and O–H groups in total. The SMILES string of the molecule is Cc1ccccc1COc1ccc2c(NC(=O)C3CC3)n[nH]c2c1. The summed E-state index contributed by atoms with van der Waals surface area (Å²) in [6.07, 6.45) is 1.95. The van der Waals surface area contributed by atoms with Crippen molar-refractivity contribution in [2.75, 3.05) is 5.32 Å². The van der Waals surface area contributed by atoms with E-state index in [4.69, 9.17) is 4.74 Å². The molecule has 3 aromatic rings. The fourth-order valence-corrected chi connectivity index (χ4v) is 2.68. The maximum absolute atomic E-state index is 11.9. The first-order valence-electron chi connectivity index (χ1n) is 8.17. The topological polar surface area (TPSA) is 67.0 Å². The zero-order valence-corrected chi connectivity index (χ0v) is 13.5. The van der Waals surface area contributed by atoms with Gasteiger partial charge in [-0.15, -0.1) is 0 Å². The number of H-pyrrole nitrogens is 1. The van der Waals surface area contributed by atoms with Crippen molar-refractivity contribution < 1.29 is 9.53 Å². The fraction of sp³-hybridized carbons (Fsp3) is 0.263. The van der Waals surface area contributed by atoms with Crippen molar-refractivity contribution in [3.05, 3.63) is 53.6 Å². The number of aryl methyl sites for hydroxylation is 1. The van der Waals surface area contributed by atoms with Gasteiger partial charge in [0.05, 0.1) is 5.52 Å². The van der Waals surface area contributed by atoms with Crippen molar-refractivity contribution in [2.45, 2.75) is 26.4 Å². The number of hydrogen-bond acceptors (Lipinski definition) is 3. The Labute approximate surface area is 140 Å². The highest BCUT2D eigenvalue weighted by atomic mass is 16.5. The van der Waals surface area contributed by atoms with E-state index < -0.39 is 0 Å². The van der Waals surface area contributed by atoms with Gasteiger partial charge >= 0.3 is 0 Å². The average molecular weight is 321 g/mol. The predicted molar refractivity (Wildman–Crippen MR) is 93.0 cm³/mol. The summed E-state index contributed by atoms with van der Waals surface area (Å²) in [5.74, 6) is 1.58. The Hall–Kier alpha value is -2.82. The molecule has 1 heterocycles. The van der Waals surface area contributed by atoms with E-state index in [9.17, 15) is 4.79 Å². The molecule has 1 amide bonds. The molecule has 0 aliphatic heterocycles. The smallest absolute Gasteiger partial charge is 0.228 e. The lowest BCUT2D eigenvalue weighted by atomic mass is 10.1. The first kappa shape index (κ1) is 14.8. The number of fused-ring (bicyclic) bond motifs is 1. The second kappa shape index (κ2) is 6.00. The number of amides is 1. The summed E-state index contributed by atoms with van der Waals surface area (Å²) in [6, 6.07) is 13.9. The summed E-state index contributed by atoms with van der Waals surface area (Å²) < 4.78 is 5.88. The summed E-state index contributed by atoms with van der Waals surface area (Å²) in [5, 5.41) is 10.9. The number of carbonyl (C=O) groups is 1. The largest absolute Gasteiger partial charge is 0.489 e. The van der Waals surface area contributed by atoms with Crippen molar-refractivity contribution in [2.24, 2.45) is 5.92 Å². The van der Waals surface area contributed by atoms with Crippen LogP contribution in [0.25, 0.3) is 10.9 Å². The quantitative estimate of drug-likeness (QED) is 0.751. The third-order valence-corrected chi connectivity index (χ3v) is 4.38. The monoisotopic (exact) mass is 321 g/mol. The second-order valence-corrected chi connectivity index (χ2v) is 6.26. The van der Waals surface area contributed by atoms with Crippen LogP contribution in [-0.4, -0.2) is 16.1 Å². The number of carbonyl (C=O) groups excluding carboxylic acids is 1. The van der Waals surface area contributed by atoms with E-state index in [0.29, 0.717) is 12.4 Å². The van der Waals surface area contributed by atoms with Gasteiger partial charge in [0.15, 0.2) is 5.82 Å². The molecule has 24 heavy (non-hydrogen) atoms. The van der Waals surface area contributed by atoms with Gasteiger partial charge in [-0.1, -0.05) is 24.3 Å². The van der Waals surface area contributed by atoms with E-state index in [1.165, 1.54) is 11.1 Å². The van der Waals surface area contributed by atoms with E-state index in [1.807, 2.05) is 30.3 Å². The van der Waals surface area contributed by atoms with Crippen molar-refractivity contribution in [1.29, 1.82) is 0 Å². The lowest BCUT2D eigenvalue weighted by Gasteiger charge is -2.08. The molecular formula is C19H19N3O2. The molecule has 0 unspecified atom stereocenters. The highest BCUT2D eigenvalue weighted by Crippen LogP contribution is 2.31. The van der Waals surface area contributed by atoms with Crippen LogP contribution in [0.15, 0.2) is 42.5 Å². The minimum absolute atomic E-state index is 0.0586. The molecule has 0 bridgehead atoms. The number of rotatable bonds is 5. The number of ether oxygens (including phenoxy) is 1. The average Bonchev–Trinajstić information content (AvgIpc) is 3.37. The molecule has 5 nitrogen and oxygen atoms in total. The number of anilines is 1. The van der Waals surface area contributed by atoms with Crippen molar-refractivity contribution >= 4 is 22.6 Å². The lowest BCUT2D eigenvalue weighted by molar-refractivity contribution is -0.117. The van der Waals surface area contributed by atoms with Gasteiger partial charge in [-0.25, -0.2) is 0 Å². The van der Waals surface area contributed by atoms with Crippen LogP contribution < -0.4 is 10.1 Å². The van der Waals surface area contributed by atoms with Crippen LogP contribution in [0.1, 0.15) is 24.0 Å². The molecule has 0 saturated heterocycles. The van der Waals surface area contributed by atoms with Gasteiger partial charge in [-0.3, -0.25) is 9.89 Å². The number of nitrogens with one attached hydrogen (secondary N) is 2. The maximum atomic E-state index is 11.9. The van der Waals surface area contributed by atoms with Gasteiger partial charge in [0, 0.05) is 17.4 Å². The second-order valence-electron chi connectivity index (χ2n) is 6.26. The molecule has 122 valence electrons. The Bertz CT molecular complexity index is 897. The molecule has 1 aromatic heterocycles. The minimum atomic E-state index is 0.0586. The van der Waals surface area contributed by atoms with Crippen LogP contribution >= 0.6 is 0 Å². The molecule has 1 saturated carbocycles. The van der Waals surface area contributed by atoms with E-state index in [0.717, 1.165) is 29.5 Å². The Kier molecular flexibility index (Phi) is 3.69. The molecule has 0 spiro atoms. The zero-order valence-electron chi connectivity index (χ0n) is 13.5. The molecule has 1 aliphatic carbocycles. The number of aromatic nitrogens is 2. The third-order valence-electron chi connectivity index (χ3n) is 4.38. The predicted octanol–water partition coefficient (Wildman–Crippen LogP) is 3.80. The normalized spacial score (nSPS) is 13.9. The van der Waals surface area contributed by atoms with Crippen LogP contribution in [0.5, 0.6) is 5.75 Å². The summed E-state index contributed by atoms with van der Waals surface area (Å²) in [7, 11) is 0. The van der Waals surface area contributed by atoms with Crippen molar-refractivity contribution in [3.8, 4) is 5.75 Å². The third kappa shape index (κ3) is 2.97. The van der Waals surface area contributed by atoms with Crippen LogP contribution in [0.4, 0.5) is 5.82 Å². The van der Waals surface area contributed by atoms with Crippen LogP contribution in [-0.2, 0) is 11.4 Å². The fourth-order valence-electron chi connectivity index (χ4n) is 2.68. The minimum Gasteiger partial charge on any atom is -0.489 e. The van der Waals surface area contributed by atoms with E-state index in [-0.39, 0.29) is 11.8 Å². The number of hydrogen-bond donors (Lipinski definition) is 2. The van der Waals surface area contributed by atoms with Crippen LogP contribution in [0.3, 0.4) is 0 Å². The Morgan fingerprint density at radius 3 is 2.92 bits per heavy atom. The number of aromatic amines is 1. The summed E-state index contributed by atoms with van der Waals surface area (Å²) in [6.45, 7) is 2.60. The van der Waals surface area contributed by atoms with E-state index in [1.54, 1.807) is 0 Å². The standard InChI is InChI=1S/C19H19N3O2/c1-12-4-2-3-5-14(12)11-24-15-8-9-16-17(10-15)21-22-18(16)20-19(23)13-6-7-13/h2-5,8-10,13H,6-7,11H2,1H3,(H2,20,21,22,23). The van der Waals surface area contributed by atoms with Gasteiger partial charge < -0.3 is 10.1 Å². The van der Waals surface area contributed by atoms with Crippen molar-refractivity contribution in [3.63, 3.8) is 0 Å². The van der Waals surface area contributed by atoms with Gasteiger partial charge in [0.1, 0.15) is 12.4 Å². The van der Waals surface area contributed by atoms with E-state index in [2.05, 4.69) is 34.6 Å². The van der Waals surface area contributed by atoms with Crippen LogP contribution in [0, 0.1) is 12.8 Å². The summed E-state index contributed by atoms with van der Waals surface area (Å²) in [4.78, 5) is 11.9. The first-order valence-corrected chi connectivity index (χ1v) is 8.17. The van der Waals surface area contributed by atoms with Crippen LogP contribution in [0.2, 0.25) is 0 Å². The molecular weight excluding hydrogens is 302 g/mol. The van der Waals surface area contributed by atoms with Crippen molar-refractivity contribution in [1.82, 2.24) is 10.2 Å². The Morgan fingerprint density at radius 1 is 1.29 bits per heavy atom. The first-order chi connectivity index (χ1) is 11.7. The highest BCUT2D eigenvalue weighted by Gasteiger charge is 2.30. The Balaban J connectivity index is 1.49. The maximum Gasteiger partial charge on any atom is 0.228 e. The van der Waals surface area contributed by atoms with Gasteiger partial charge in [-0.05, 0) is 43.0 Å². The number of benzene rings is 2. The molecule has 1 fully saturated rings. The molecule has 0 atom stereocenters. The molecule has 4 rings (SSSR count). The van der Waals surface area contributed by atoms with Gasteiger partial charge in [0.25, 0.3) is 0 Å². The zero-order chi connectivity index (χ0) is 16.5.